The van der Waals surface area contributed by atoms with E-state index in [0.717, 1.165) is 55.2 Å². The smallest absolute Gasteiger partial charge is 0.253 e. The fourth-order valence-corrected chi connectivity index (χ4v) is 3.59. The van der Waals surface area contributed by atoms with Crippen molar-refractivity contribution in [3.05, 3.63) is 53.9 Å². The molecule has 1 fully saturated rings. The molecule has 0 saturated carbocycles. The summed E-state index contributed by atoms with van der Waals surface area (Å²) in [4.78, 5) is 19.4. The summed E-state index contributed by atoms with van der Waals surface area (Å²) in [6.07, 6.45) is 3.35. The van der Waals surface area contributed by atoms with Gasteiger partial charge < -0.3 is 14.8 Å². The van der Waals surface area contributed by atoms with Crippen molar-refractivity contribution in [2.24, 2.45) is 0 Å². The number of amides is 1. The first kappa shape index (κ1) is 21.3. The Balaban J connectivity index is 1.31. The molecule has 164 valence electrons. The lowest BCUT2D eigenvalue weighted by Crippen LogP contribution is -2.38. The minimum absolute atomic E-state index is 0.162. The van der Waals surface area contributed by atoms with Crippen LogP contribution in [0.4, 0.5) is 0 Å². The molecule has 0 bridgehead atoms. The zero-order valence-corrected chi connectivity index (χ0v) is 18.1. The van der Waals surface area contributed by atoms with E-state index in [2.05, 4.69) is 34.1 Å². The topological polar surface area (TPSA) is 81.5 Å². The second-order valence-electron chi connectivity index (χ2n) is 7.95. The maximum absolute atomic E-state index is 12.6. The van der Waals surface area contributed by atoms with Gasteiger partial charge in [0.05, 0.1) is 25.0 Å². The number of pyridine rings is 1. The number of carbonyl (C=O) groups is 1. The van der Waals surface area contributed by atoms with Crippen molar-refractivity contribution < 1.29 is 14.3 Å². The number of carbonyl (C=O) groups excluding carboxylic acids is 1. The van der Waals surface area contributed by atoms with Crippen LogP contribution in [0.15, 0.2) is 42.7 Å². The molecule has 1 aromatic carbocycles. The summed E-state index contributed by atoms with van der Waals surface area (Å²) in [5.74, 6) is 0.648. The molecule has 1 amide bonds. The lowest BCUT2D eigenvalue weighted by molar-refractivity contribution is 0.0322. The molecule has 8 heteroatoms. The molecule has 31 heavy (non-hydrogen) atoms. The minimum Gasteiger partial charge on any atom is -0.492 e. The molecule has 0 aliphatic carbocycles. The number of aromatic nitrogens is 3. The molecule has 1 N–H and O–H groups in total. The van der Waals surface area contributed by atoms with E-state index >= 15 is 0 Å². The first-order valence-electron chi connectivity index (χ1n) is 10.7. The van der Waals surface area contributed by atoms with Gasteiger partial charge in [0.1, 0.15) is 12.4 Å². The summed E-state index contributed by atoms with van der Waals surface area (Å²) in [6.45, 7) is 9.52. The molecule has 1 saturated heterocycles. The zero-order chi connectivity index (χ0) is 21.6. The highest BCUT2D eigenvalue weighted by molar-refractivity contribution is 5.96. The molecule has 2 aromatic heterocycles. The van der Waals surface area contributed by atoms with Crippen molar-refractivity contribution in [2.45, 2.75) is 26.4 Å². The van der Waals surface area contributed by atoms with Gasteiger partial charge in [0.25, 0.3) is 5.91 Å². The third-order valence-corrected chi connectivity index (χ3v) is 5.32. The molecule has 0 unspecified atom stereocenters. The van der Waals surface area contributed by atoms with Crippen LogP contribution in [-0.4, -0.2) is 65.0 Å². The van der Waals surface area contributed by atoms with Crippen molar-refractivity contribution in [2.75, 3.05) is 39.5 Å². The summed E-state index contributed by atoms with van der Waals surface area (Å²) in [5.41, 5.74) is 2.29. The molecule has 1 aliphatic rings. The lowest BCUT2D eigenvalue weighted by atomic mass is 10.2. The van der Waals surface area contributed by atoms with Crippen LogP contribution in [0.3, 0.4) is 0 Å². The number of nitrogens with zero attached hydrogens (tertiary/aromatic N) is 4. The highest BCUT2D eigenvalue weighted by Gasteiger charge is 2.12. The number of morpholine rings is 1. The quantitative estimate of drug-likeness (QED) is 0.600. The lowest BCUT2D eigenvalue weighted by Gasteiger charge is -2.26. The SMILES string of the molecule is CC(C)n1ncc2cc(C(=O)NCc3cccc(OCCN4CCOCC4)c3)cnc21. The standard InChI is InChI=1S/C23H29N5O3/c1-17(2)28-22-19(16-26-28)13-20(15-24-22)23(29)25-14-18-4-3-5-21(12-18)31-11-8-27-6-9-30-10-7-27/h3-5,12-13,15-17H,6-11,14H2,1-2H3,(H,25,29). The Hall–Kier alpha value is -2.97. The first-order valence-corrected chi connectivity index (χ1v) is 10.7. The number of hydrogen-bond donors (Lipinski definition) is 1. The van der Waals surface area contributed by atoms with Crippen molar-refractivity contribution in [3.63, 3.8) is 0 Å². The normalized spacial score (nSPS) is 14.8. The molecule has 0 radical (unpaired) electrons. The monoisotopic (exact) mass is 423 g/mol. The molecule has 3 heterocycles. The van der Waals surface area contributed by atoms with E-state index in [4.69, 9.17) is 9.47 Å². The van der Waals surface area contributed by atoms with Crippen molar-refractivity contribution in [1.29, 1.82) is 0 Å². The average Bonchev–Trinajstić information content (AvgIpc) is 3.22. The molecule has 0 atom stereocenters. The third-order valence-electron chi connectivity index (χ3n) is 5.32. The summed E-state index contributed by atoms with van der Waals surface area (Å²) in [5, 5.41) is 8.17. The molecular weight excluding hydrogens is 394 g/mol. The van der Waals surface area contributed by atoms with Crippen LogP contribution >= 0.6 is 0 Å². The van der Waals surface area contributed by atoms with Crippen LogP contribution in [0.2, 0.25) is 0 Å². The highest BCUT2D eigenvalue weighted by atomic mass is 16.5. The summed E-state index contributed by atoms with van der Waals surface area (Å²) in [6, 6.07) is 9.87. The molecule has 1 aliphatic heterocycles. The summed E-state index contributed by atoms with van der Waals surface area (Å²) < 4.78 is 13.1. The maximum atomic E-state index is 12.6. The van der Waals surface area contributed by atoms with Gasteiger partial charge in [-0.05, 0) is 37.6 Å². The second kappa shape index (κ2) is 9.89. The number of hydrogen-bond acceptors (Lipinski definition) is 6. The van der Waals surface area contributed by atoms with Crippen LogP contribution in [-0.2, 0) is 11.3 Å². The van der Waals surface area contributed by atoms with E-state index < -0.39 is 0 Å². The Labute approximate surface area is 182 Å². The average molecular weight is 424 g/mol. The van der Waals surface area contributed by atoms with Crippen LogP contribution in [0.25, 0.3) is 11.0 Å². The molecule has 4 rings (SSSR count). The summed E-state index contributed by atoms with van der Waals surface area (Å²) >= 11 is 0. The Morgan fingerprint density at radius 1 is 1.23 bits per heavy atom. The van der Waals surface area contributed by atoms with E-state index in [-0.39, 0.29) is 11.9 Å². The largest absolute Gasteiger partial charge is 0.492 e. The third kappa shape index (κ3) is 5.39. The van der Waals surface area contributed by atoms with Gasteiger partial charge in [0.15, 0.2) is 5.65 Å². The van der Waals surface area contributed by atoms with E-state index in [0.29, 0.717) is 18.7 Å². The van der Waals surface area contributed by atoms with Gasteiger partial charge >= 0.3 is 0 Å². The number of ether oxygens (including phenoxy) is 2. The van der Waals surface area contributed by atoms with Crippen molar-refractivity contribution >= 4 is 16.9 Å². The van der Waals surface area contributed by atoms with E-state index in [1.165, 1.54) is 0 Å². The minimum atomic E-state index is -0.162. The number of nitrogens with one attached hydrogen (secondary N) is 1. The number of fused-ring (bicyclic) bond motifs is 1. The number of rotatable bonds is 8. The van der Waals surface area contributed by atoms with Gasteiger partial charge in [-0.3, -0.25) is 9.69 Å². The van der Waals surface area contributed by atoms with E-state index in [1.54, 1.807) is 12.4 Å². The fourth-order valence-electron chi connectivity index (χ4n) is 3.59. The Kier molecular flexibility index (Phi) is 6.79. The van der Waals surface area contributed by atoms with Crippen LogP contribution in [0.5, 0.6) is 5.75 Å². The predicted molar refractivity (Wildman–Crippen MR) is 118 cm³/mol. The zero-order valence-electron chi connectivity index (χ0n) is 18.1. The molecular formula is C23H29N5O3. The Morgan fingerprint density at radius 3 is 2.87 bits per heavy atom. The van der Waals surface area contributed by atoms with Gasteiger partial charge in [0.2, 0.25) is 0 Å². The molecule has 8 nitrogen and oxygen atoms in total. The van der Waals surface area contributed by atoms with E-state index in [9.17, 15) is 4.79 Å². The van der Waals surface area contributed by atoms with Gasteiger partial charge in [-0.25, -0.2) is 9.67 Å². The second-order valence-corrected chi connectivity index (χ2v) is 7.95. The van der Waals surface area contributed by atoms with Gasteiger partial charge in [0, 0.05) is 43.8 Å². The van der Waals surface area contributed by atoms with Gasteiger partial charge in [-0.15, -0.1) is 0 Å². The van der Waals surface area contributed by atoms with Crippen LogP contribution in [0, 0.1) is 0 Å². The first-order chi connectivity index (χ1) is 15.1. The Morgan fingerprint density at radius 2 is 2.06 bits per heavy atom. The van der Waals surface area contributed by atoms with Crippen molar-refractivity contribution in [1.82, 2.24) is 25.0 Å². The van der Waals surface area contributed by atoms with Crippen LogP contribution in [0.1, 0.15) is 35.8 Å². The van der Waals surface area contributed by atoms with Crippen molar-refractivity contribution in [3.8, 4) is 5.75 Å². The Bertz CT molecular complexity index is 1030. The molecule has 0 spiro atoms. The van der Waals surface area contributed by atoms with Gasteiger partial charge in [-0.1, -0.05) is 12.1 Å². The summed E-state index contributed by atoms with van der Waals surface area (Å²) in [7, 11) is 0. The van der Waals surface area contributed by atoms with Crippen LogP contribution < -0.4 is 10.1 Å². The predicted octanol–water partition coefficient (Wildman–Crippen LogP) is 2.65. The number of benzene rings is 1. The highest BCUT2D eigenvalue weighted by Crippen LogP contribution is 2.17. The maximum Gasteiger partial charge on any atom is 0.253 e. The van der Waals surface area contributed by atoms with Gasteiger partial charge in [-0.2, -0.15) is 5.10 Å². The molecule has 3 aromatic rings. The van der Waals surface area contributed by atoms with E-state index in [1.807, 2.05) is 35.0 Å². The fraction of sp³-hybridized carbons (Fsp3) is 0.435.